The van der Waals surface area contributed by atoms with Crippen LogP contribution in [0.2, 0.25) is 0 Å². The highest BCUT2D eigenvalue weighted by Crippen LogP contribution is 2.26. The highest BCUT2D eigenvalue weighted by Gasteiger charge is 2.03. The number of carbonyl (C=O) groups is 1. The molecular weight excluding hydrogens is 334 g/mol. The summed E-state index contributed by atoms with van der Waals surface area (Å²) in [6.45, 7) is 2.66. The minimum atomic E-state index is -0.254. The predicted octanol–water partition coefficient (Wildman–Crippen LogP) is 2.66. The fourth-order valence-corrected chi connectivity index (χ4v) is 2.17. The number of hydrazone groups is 1. The molecule has 0 saturated heterocycles. The molecule has 0 unspecified atom stereocenters. The van der Waals surface area contributed by atoms with E-state index in [4.69, 9.17) is 14.2 Å². The van der Waals surface area contributed by atoms with Crippen molar-refractivity contribution in [2.45, 2.75) is 6.92 Å². The van der Waals surface area contributed by atoms with Crippen molar-refractivity contribution in [1.82, 2.24) is 5.43 Å². The fraction of sp³-hybridized carbons (Fsp3) is 0.263. The Morgan fingerprint density at radius 2 is 1.81 bits per heavy atom. The zero-order chi connectivity index (χ0) is 18.8. The lowest BCUT2D eigenvalue weighted by Crippen LogP contribution is -2.25. The van der Waals surface area contributed by atoms with Crippen LogP contribution in [-0.4, -0.2) is 39.5 Å². The van der Waals surface area contributed by atoms with Gasteiger partial charge >= 0.3 is 0 Å². The Hall–Kier alpha value is -3.22. The van der Waals surface area contributed by atoms with E-state index in [1.165, 1.54) is 6.21 Å². The van der Waals surface area contributed by atoms with Gasteiger partial charge in [0.15, 0.2) is 11.5 Å². The van der Waals surface area contributed by atoms with Crippen LogP contribution in [0.5, 0.6) is 17.2 Å². The maximum Gasteiger partial charge on any atom is 0.259 e. The molecule has 0 heterocycles. The third-order valence-electron chi connectivity index (χ3n) is 3.43. The maximum absolute atomic E-state index is 11.8. The van der Waals surface area contributed by atoms with E-state index in [0.29, 0.717) is 18.1 Å². The third kappa shape index (κ3) is 5.70. The van der Waals surface area contributed by atoms with Crippen LogP contribution in [0.4, 0.5) is 5.69 Å². The summed E-state index contributed by atoms with van der Waals surface area (Å²) >= 11 is 0. The molecule has 7 heteroatoms. The molecule has 2 aromatic rings. The number of amides is 1. The SMILES string of the molecule is CCOc1ccc(NCC(=O)N/N=C/c2ccc(OC)c(OC)c2)cc1. The number of anilines is 1. The zero-order valence-electron chi connectivity index (χ0n) is 15.1. The smallest absolute Gasteiger partial charge is 0.259 e. The zero-order valence-corrected chi connectivity index (χ0v) is 15.1. The van der Waals surface area contributed by atoms with Gasteiger partial charge in [0, 0.05) is 5.69 Å². The summed E-state index contributed by atoms with van der Waals surface area (Å²) in [4.78, 5) is 11.8. The fourth-order valence-electron chi connectivity index (χ4n) is 2.17. The molecule has 0 bridgehead atoms. The Balaban J connectivity index is 1.81. The summed E-state index contributed by atoms with van der Waals surface area (Å²) < 4.78 is 15.8. The Morgan fingerprint density at radius 1 is 1.08 bits per heavy atom. The maximum atomic E-state index is 11.8. The van der Waals surface area contributed by atoms with Crippen LogP contribution in [0.1, 0.15) is 12.5 Å². The quantitative estimate of drug-likeness (QED) is 0.533. The van der Waals surface area contributed by atoms with Crippen LogP contribution >= 0.6 is 0 Å². The van der Waals surface area contributed by atoms with Crippen LogP contribution < -0.4 is 25.0 Å². The van der Waals surface area contributed by atoms with Gasteiger partial charge in [0.1, 0.15) is 5.75 Å². The standard InChI is InChI=1S/C19H23N3O4/c1-4-26-16-8-6-15(7-9-16)20-13-19(23)22-21-12-14-5-10-17(24-2)18(11-14)25-3/h5-12,20H,4,13H2,1-3H3,(H,22,23)/b21-12+. The summed E-state index contributed by atoms with van der Waals surface area (Å²) in [6, 6.07) is 12.8. The summed E-state index contributed by atoms with van der Waals surface area (Å²) in [5.74, 6) is 1.77. The van der Waals surface area contributed by atoms with Crippen molar-refractivity contribution < 1.29 is 19.0 Å². The molecule has 0 radical (unpaired) electrons. The molecule has 0 atom stereocenters. The molecule has 1 amide bonds. The minimum Gasteiger partial charge on any atom is -0.494 e. The van der Waals surface area contributed by atoms with Crippen LogP contribution in [0, 0.1) is 0 Å². The Kier molecular flexibility index (Phi) is 7.30. The number of rotatable bonds is 9. The number of nitrogens with one attached hydrogen (secondary N) is 2. The average Bonchev–Trinajstić information content (AvgIpc) is 2.67. The van der Waals surface area contributed by atoms with Crippen molar-refractivity contribution in [2.24, 2.45) is 5.10 Å². The first-order valence-electron chi connectivity index (χ1n) is 8.17. The van der Waals surface area contributed by atoms with Crippen LogP contribution in [0.3, 0.4) is 0 Å². The lowest BCUT2D eigenvalue weighted by molar-refractivity contribution is -0.119. The first kappa shape index (κ1) is 19.1. The van der Waals surface area contributed by atoms with E-state index in [2.05, 4.69) is 15.8 Å². The number of hydrogen-bond donors (Lipinski definition) is 2. The van der Waals surface area contributed by atoms with Crippen molar-refractivity contribution in [3.05, 3.63) is 48.0 Å². The van der Waals surface area contributed by atoms with Crippen LogP contribution in [-0.2, 0) is 4.79 Å². The molecular formula is C19H23N3O4. The molecule has 138 valence electrons. The van der Waals surface area contributed by atoms with E-state index >= 15 is 0 Å². The van der Waals surface area contributed by atoms with Gasteiger partial charge in [-0.3, -0.25) is 4.79 Å². The van der Waals surface area contributed by atoms with Crippen molar-refractivity contribution in [2.75, 3.05) is 32.7 Å². The molecule has 0 aliphatic heterocycles. The largest absolute Gasteiger partial charge is 0.494 e. The monoisotopic (exact) mass is 357 g/mol. The van der Waals surface area contributed by atoms with Gasteiger partial charge in [-0.1, -0.05) is 0 Å². The second kappa shape index (κ2) is 9.93. The van der Waals surface area contributed by atoms with E-state index in [-0.39, 0.29) is 12.5 Å². The minimum absolute atomic E-state index is 0.108. The molecule has 0 saturated carbocycles. The number of ether oxygens (including phenoxy) is 3. The summed E-state index contributed by atoms with van der Waals surface area (Å²) in [6.07, 6.45) is 1.54. The summed E-state index contributed by atoms with van der Waals surface area (Å²) in [5.41, 5.74) is 4.08. The number of benzene rings is 2. The molecule has 7 nitrogen and oxygen atoms in total. The predicted molar refractivity (Wildman–Crippen MR) is 101 cm³/mol. The molecule has 2 N–H and O–H groups in total. The second-order valence-electron chi connectivity index (χ2n) is 5.22. The molecule has 26 heavy (non-hydrogen) atoms. The number of nitrogens with zero attached hydrogens (tertiary/aromatic N) is 1. The molecule has 0 aliphatic rings. The van der Waals surface area contributed by atoms with Gasteiger partial charge < -0.3 is 19.5 Å². The Labute approximate surface area is 153 Å². The van der Waals surface area contributed by atoms with Crippen molar-refractivity contribution in [3.8, 4) is 17.2 Å². The highest BCUT2D eigenvalue weighted by molar-refractivity contribution is 5.84. The third-order valence-corrected chi connectivity index (χ3v) is 3.43. The van der Waals surface area contributed by atoms with E-state index < -0.39 is 0 Å². The van der Waals surface area contributed by atoms with Crippen molar-refractivity contribution >= 4 is 17.8 Å². The first-order chi connectivity index (χ1) is 12.7. The summed E-state index contributed by atoms with van der Waals surface area (Å²) in [7, 11) is 3.14. The van der Waals surface area contributed by atoms with Gasteiger partial charge in [0.2, 0.25) is 0 Å². The van der Waals surface area contributed by atoms with Gasteiger partial charge in [-0.25, -0.2) is 5.43 Å². The normalized spacial score (nSPS) is 10.4. The van der Waals surface area contributed by atoms with Crippen molar-refractivity contribution in [3.63, 3.8) is 0 Å². The molecule has 0 aliphatic carbocycles. The van der Waals surface area contributed by atoms with Crippen molar-refractivity contribution in [1.29, 1.82) is 0 Å². The van der Waals surface area contributed by atoms with Gasteiger partial charge in [0.05, 0.1) is 33.6 Å². The van der Waals surface area contributed by atoms with Gasteiger partial charge in [-0.2, -0.15) is 5.10 Å². The Morgan fingerprint density at radius 3 is 2.46 bits per heavy atom. The van der Waals surface area contributed by atoms with Crippen LogP contribution in [0.25, 0.3) is 0 Å². The van der Waals surface area contributed by atoms with E-state index in [1.54, 1.807) is 26.4 Å². The molecule has 2 aromatic carbocycles. The molecule has 0 aromatic heterocycles. The van der Waals surface area contributed by atoms with Gasteiger partial charge in [-0.15, -0.1) is 0 Å². The molecule has 2 rings (SSSR count). The summed E-state index contributed by atoms with van der Waals surface area (Å²) in [5, 5.41) is 6.96. The van der Waals surface area contributed by atoms with E-state index in [0.717, 1.165) is 17.0 Å². The molecule has 0 spiro atoms. The highest BCUT2D eigenvalue weighted by atomic mass is 16.5. The van der Waals surface area contributed by atoms with E-state index in [9.17, 15) is 4.79 Å². The van der Waals surface area contributed by atoms with Gasteiger partial charge in [0.25, 0.3) is 5.91 Å². The number of methoxy groups -OCH3 is 2. The Bertz CT molecular complexity index is 745. The van der Waals surface area contributed by atoms with Gasteiger partial charge in [-0.05, 0) is 55.0 Å². The van der Waals surface area contributed by atoms with E-state index in [1.807, 2.05) is 37.3 Å². The first-order valence-corrected chi connectivity index (χ1v) is 8.17. The second-order valence-corrected chi connectivity index (χ2v) is 5.22. The van der Waals surface area contributed by atoms with Crippen LogP contribution in [0.15, 0.2) is 47.6 Å². The lowest BCUT2D eigenvalue weighted by atomic mass is 10.2. The number of hydrogen-bond acceptors (Lipinski definition) is 6. The molecule has 0 fully saturated rings. The topological polar surface area (TPSA) is 81.2 Å². The average molecular weight is 357 g/mol. The lowest BCUT2D eigenvalue weighted by Gasteiger charge is -2.08. The number of carbonyl (C=O) groups excluding carboxylic acids is 1.